The van der Waals surface area contributed by atoms with Crippen molar-refractivity contribution in [3.8, 4) is 11.5 Å². The third kappa shape index (κ3) is 4.01. The highest BCUT2D eigenvalue weighted by atomic mass is 16.7. The van der Waals surface area contributed by atoms with E-state index in [1.165, 1.54) is 5.56 Å². The summed E-state index contributed by atoms with van der Waals surface area (Å²) in [4.78, 5) is 9.06. The van der Waals surface area contributed by atoms with Gasteiger partial charge in [-0.2, -0.15) is 4.98 Å². The minimum absolute atomic E-state index is 0.131. The molecule has 1 aliphatic heterocycles. The Morgan fingerprint density at radius 3 is 2.29 bits per heavy atom. The summed E-state index contributed by atoms with van der Waals surface area (Å²) in [5.41, 5.74) is 4.12. The van der Waals surface area contributed by atoms with Gasteiger partial charge >= 0.3 is 0 Å². The van der Waals surface area contributed by atoms with Crippen LogP contribution in [0.25, 0.3) is 0 Å². The lowest BCUT2D eigenvalue weighted by atomic mass is 9.87. The topological polar surface area (TPSA) is 68.3 Å². The second-order valence-corrected chi connectivity index (χ2v) is 7.86. The predicted molar refractivity (Wildman–Crippen MR) is 111 cm³/mol. The van der Waals surface area contributed by atoms with Crippen molar-refractivity contribution in [1.82, 2.24) is 9.97 Å². The van der Waals surface area contributed by atoms with Crippen LogP contribution in [0.3, 0.4) is 0 Å². The maximum absolute atomic E-state index is 5.42. The second kappa shape index (κ2) is 7.03. The molecule has 0 atom stereocenters. The number of aryl methyl sites for hydroxylation is 1. The van der Waals surface area contributed by atoms with Crippen molar-refractivity contribution in [2.75, 3.05) is 17.4 Å². The van der Waals surface area contributed by atoms with Gasteiger partial charge in [0.15, 0.2) is 11.5 Å². The Morgan fingerprint density at radius 2 is 1.54 bits per heavy atom. The third-order valence-electron chi connectivity index (χ3n) is 4.51. The van der Waals surface area contributed by atoms with Gasteiger partial charge in [0.05, 0.1) is 0 Å². The molecule has 3 aromatic rings. The van der Waals surface area contributed by atoms with E-state index in [9.17, 15) is 0 Å². The first-order valence-corrected chi connectivity index (χ1v) is 9.27. The highest BCUT2D eigenvalue weighted by Crippen LogP contribution is 2.35. The van der Waals surface area contributed by atoms with Crippen LogP contribution in [-0.2, 0) is 5.41 Å². The average molecular weight is 376 g/mol. The van der Waals surface area contributed by atoms with Gasteiger partial charge in [0, 0.05) is 29.2 Å². The highest BCUT2D eigenvalue weighted by Gasteiger charge is 2.14. The molecule has 1 aromatic heterocycles. The highest BCUT2D eigenvalue weighted by molar-refractivity contribution is 5.63. The molecule has 144 valence electrons. The number of nitrogens with one attached hydrogen (secondary N) is 2. The fourth-order valence-corrected chi connectivity index (χ4v) is 2.99. The zero-order valence-electron chi connectivity index (χ0n) is 16.5. The van der Waals surface area contributed by atoms with Gasteiger partial charge < -0.3 is 20.1 Å². The normalized spacial score (nSPS) is 12.7. The molecule has 0 spiro atoms. The molecule has 1 aliphatic rings. The summed E-state index contributed by atoms with van der Waals surface area (Å²) in [6, 6.07) is 16.0. The number of fused-ring (bicyclic) bond motifs is 1. The van der Waals surface area contributed by atoms with Gasteiger partial charge in [-0.3, -0.25) is 0 Å². The summed E-state index contributed by atoms with van der Waals surface area (Å²) >= 11 is 0. The summed E-state index contributed by atoms with van der Waals surface area (Å²) in [5.74, 6) is 2.72. The molecule has 0 bridgehead atoms. The van der Waals surface area contributed by atoms with Crippen LogP contribution in [0.5, 0.6) is 11.5 Å². The van der Waals surface area contributed by atoms with Crippen LogP contribution in [0.1, 0.15) is 32.0 Å². The van der Waals surface area contributed by atoms with E-state index in [0.717, 1.165) is 34.4 Å². The first-order chi connectivity index (χ1) is 13.4. The van der Waals surface area contributed by atoms with E-state index >= 15 is 0 Å². The standard InChI is InChI=1S/C22H24N4O2/c1-14-11-20(24-16-7-5-15(6-8-16)22(2,3)4)26-21(23-14)25-17-9-10-18-19(12-17)28-13-27-18/h5-12H,13H2,1-4H3,(H2,23,24,25,26). The zero-order valence-corrected chi connectivity index (χ0v) is 16.5. The van der Waals surface area contributed by atoms with Crippen molar-refractivity contribution in [3.05, 3.63) is 59.8 Å². The molecule has 0 fully saturated rings. The fourth-order valence-electron chi connectivity index (χ4n) is 2.99. The molecule has 0 saturated heterocycles. The van der Waals surface area contributed by atoms with E-state index < -0.39 is 0 Å². The molecule has 6 nitrogen and oxygen atoms in total. The first-order valence-electron chi connectivity index (χ1n) is 9.27. The van der Waals surface area contributed by atoms with Crippen molar-refractivity contribution in [2.24, 2.45) is 0 Å². The quantitative estimate of drug-likeness (QED) is 0.644. The van der Waals surface area contributed by atoms with Crippen LogP contribution < -0.4 is 20.1 Å². The van der Waals surface area contributed by atoms with E-state index in [0.29, 0.717) is 5.95 Å². The maximum atomic E-state index is 5.42. The summed E-state index contributed by atoms with van der Waals surface area (Å²) < 4.78 is 10.8. The number of aromatic nitrogens is 2. The number of benzene rings is 2. The Bertz CT molecular complexity index is 994. The molecule has 28 heavy (non-hydrogen) atoms. The van der Waals surface area contributed by atoms with Crippen molar-refractivity contribution < 1.29 is 9.47 Å². The van der Waals surface area contributed by atoms with Gasteiger partial charge in [0.2, 0.25) is 12.7 Å². The minimum Gasteiger partial charge on any atom is -0.454 e. The van der Waals surface area contributed by atoms with Gasteiger partial charge in [-0.25, -0.2) is 4.98 Å². The molecule has 0 amide bonds. The number of hydrogen-bond acceptors (Lipinski definition) is 6. The third-order valence-corrected chi connectivity index (χ3v) is 4.51. The van der Waals surface area contributed by atoms with E-state index in [1.54, 1.807) is 0 Å². The van der Waals surface area contributed by atoms with E-state index in [1.807, 2.05) is 31.2 Å². The van der Waals surface area contributed by atoms with Gasteiger partial charge in [-0.1, -0.05) is 32.9 Å². The smallest absolute Gasteiger partial charge is 0.231 e. The van der Waals surface area contributed by atoms with Crippen LogP contribution >= 0.6 is 0 Å². The Kier molecular flexibility index (Phi) is 4.55. The predicted octanol–water partition coefficient (Wildman–Crippen LogP) is 5.30. The van der Waals surface area contributed by atoms with Crippen molar-refractivity contribution in [1.29, 1.82) is 0 Å². The molecule has 6 heteroatoms. The van der Waals surface area contributed by atoms with Crippen molar-refractivity contribution >= 4 is 23.1 Å². The van der Waals surface area contributed by atoms with Crippen LogP contribution in [-0.4, -0.2) is 16.8 Å². The second-order valence-electron chi connectivity index (χ2n) is 7.86. The molecule has 4 rings (SSSR count). The Balaban J connectivity index is 1.52. The molecule has 0 saturated carbocycles. The van der Waals surface area contributed by atoms with Gasteiger partial charge in [-0.15, -0.1) is 0 Å². The van der Waals surface area contributed by atoms with Crippen molar-refractivity contribution in [3.63, 3.8) is 0 Å². The van der Waals surface area contributed by atoms with Crippen LogP contribution in [0.4, 0.5) is 23.1 Å². The van der Waals surface area contributed by atoms with Gasteiger partial charge in [0.1, 0.15) is 5.82 Å². The van der Waals surface area contributed by atoms with Crippen molar-refractivity contribution in [2.45, 2.75) is 33.1 Å². The lowest BCUT2D eigenvalue weighted by Crippen LogP contribution is -2.10. The molecular formula is C22H24N4O2. The average Bonchev–Trinajstić information content (AvgIpc) is 3.08. The lowest BCUT2D eigenvalue weighted by molar-refractivity contribution is 0.174. The summed E-state index contributed by atoms with van der Waals surface area (Å²) in [6.45, 7) is 8.81. The summed E-state index contributed by atoms with van der Waals surface area (Å²) in [5, 5.41) is 6.59. The SMILES string of the molecule is Cc1cc(Nc2ccc(C(C)(C)C)cc2)nc(Nc2ccc3c(c2)OCO3)n1. The van der Waals surface area contributed by atoms with Crippen LogP contribution in [0, 0.1) is 6.92 Å². The molecule has 2 N–H and O–H groups in total. The molecular weight excluding hydrogens is 352 g/mol. The number of hydrogen-bond donors (Lipinski definition) is 2. The molecule has 0 aliphatic carbocycles. The Hall–Kier alpha value is -3.28. The lowest BCUT2D eigenvalue weighted by Gasteiger charge is -2.19. The van der Waals surface area contributed by atoms with Crippen LogP contribution in [0.15, 0.2) is 48.5 Å². The Morgan fingerprint density at radius 1 is 0.821 bits per heavy atom. The monoisotopic (exact) mass is 376 g/mol. The Labute approximate surface area is 164 Å². The van der Waals surface area contributed by atoms with E-state index in [4.69, 9.17) is 9.47 Å². The fraction of sp³-hybridized carbons (Fsp3) is 0.273. The summed E-state index contributed by atoms with van der Waals surface area (Å²) in [6.07, 6.45) is 0. The number of anilines is 4. The number of nitrogens with zero attached hydrogens (tertiary/aromatic N) is 2. The van der Waals surface area contributed by atoms with E-state index in [-0.39, 0.29) is 12.2 Å². The molecule has 0 radical (unpaired) electrons. The number of rotatable bonds is 4. The largest absolute Gasteiger partial charge is 0.454 e. The van der Waals surface area contributed by atoms with Gasteiger partial charge in [0.25, 0.3) is 0 Å². The summed E-state index contributed by atoms with van der Waals surface area (Å²) in [7, 11) is 0. The maximum Gasteiger partial charge on any atom is 0.231 e. The van der Waals surface area contributed by atoms with E-state index in [2.05, 4.69) is 65.6 Å². The first kappa shape index (κ1) is 18.1. The van der Waals surface area contributed by atoms with Crippen LogP contribution in [0.2, 0.25) is 0 Å². The number of ether oxygens (including phenoxy) is 2. The minimum atomic E-state index is 0.131. The zero-order chi connectivity index (χ0) is 19.7. The van der Waals surface area contributed by atoms with Gasteiger partial charge in [-0.05, 0) is 42.2 Å². The molecule has 0 unspecified atom stereocenters. The molecule has 2 aromatic carbocycles. The molecule has 2 heterocycles.